The minimum atomic E-state index is 0.0367. The van der Waals surface area contributed by atoms with Gasteiger partial charge in [0.25, 0.3) is 0 Å². The lowest BCUT2D eigenvalue weighted by Gasteiger charge is -2.21. The number of nitrogens with zero attached hydrogens (tertiary/aromatic N) is 1. The summed E-state index contributed by atoms with van der Waals surface area (Å²) in [6, 6.07) is 14.6. The van der Waals surface area contributed by atoms with Crippen LogP contribution in [-0.2, 0) is 11.3 Å². The molecule has 0 aliphatic heterocycles. The molecule has 1 amide bonds. The predicted molar refractivity (Wildman–Crippen MR) is 104 cm³/mol. The van der Waals surface area contributed by atoms with Crippen LogP contribution in [0.25, 0.3) is 0 Å². The minimum Gasteiger partial charge on any atom is -0.497 e. The number of hydrogen-bond donors (Lipinski definition) is 0. The molecule has 0 bridgehead atoms. The third-order valence-electron chi connectivity index (χ3n) is 4.26. The zero-order valence-corrected chi connectivity index (χ0v) is 16.0. The van der Waals surface area contributed by atoms with Crippen LogP contribution in [-0.4, -0.2) is 30.2 Å². The lowest BCUT2D eigenvalue weighted by atomic mass is 10.0. The SMILES string of the molecule is CCN(Cc1ccccc1Cl)C(=O)CCCC(=O)c1ccc(OC)cc1. The van der Waals surface area contributed by atoms with E-state index >= 15 is 0 Å². The monoisotopic (exact) mass is 373 g/mol. The van der Waals surface area contributed by atoms with E-state index in [9.17, 15) is 9.59 Å². The van der Waals surface area contributed by atoms with Crippen molar-refractivity contribution >= 4 is 23.3 Å². The van der Waals surface area contributed by atoms with Gasteiger partial charge in [0.2, 0.25) is 5.91 Å². The van der Waals surface area contributed by atoms with Gasteiger partial charge in [-0.3, -0.25) is 9.59 Å². The molecule has 26 heavy (non-hydrogen) atoms. The van der Waals surface area contributed by atoms with Crippen molar-refractivity contribution in [2.75, 3.05) is 13.7 Å². The molecule has 0 fully saturated rings. The summed E-state index contributed by atoms with van der Waals surface area (Å²) in [6.07, 6.45) is 1.23. The molecule has 0 unspecified atom stereocenters. The average molecular weight is 374 g/mol. The highest BCUT2D eigenvalue weighted by molar-refractivity contribution is 6.31. The number of carbonyl (C=O) groups is 2. The summed E-state index contributed by atoms with van der Waals surface area (Å²) in [5.41, 5.74) is 1.57. The third kappa shape index (κ3) is 5.60. The number of hydrogen-bond acceptors (Lipinski definition) is 3. The second-order valence-corrected chi connectivity index (χ2v) is 6.41. The van der Waals surface area contributed by atoms with Crippen molar-refractivity contribution < 1.29 is 14.3 Å². The van der Waals surface area contributed by atoms with Gasteiger partial charge in [0.1, 0.15) is 5.75 Å². The Bertz CT molecular complexity index is 743. The summed E-state index contributed by atoms with van der Waals surface area (Å²) in [5, 5.41) is 0.661. The van der Waals surface area contributed by atoms with Gasteiger partial charge in [-0.15, -0.1) is 0 Å². The molecule has 2 rings (SSSR count). The maximum Gasteiger partial charge on any atom is 0.222 e. The molecule has 138 valence electrons. The van der Waals surface area contributed by atoms with E-state index in [1.807, 2.05) is 31.2 Å². The van der Waals surface area contributed by atoms with Crippen LogP contribution in [0.15, 0.2) is 48.5 Å². The second kappa shape index (κ2) is 9.97. The lowest BCUT2D eigenvalue weighted by molar-refractivity contribution is -0.131. The molecule has 0 saturated carbocycles. The number of rotatable bonds is 9. The van der Waals surface area contributed by atoms with Gasteiger partial charge in [-0.2, -0.15) is 0 Å². The van der Waals surface area contributed by atoms with E-state index in [0.29, 0.717) is 42.9 Å². The summed E-state index contributed by atoms with van der Waals surface area (Å²) in [6.45, 7) is 3.04. The van der Waals surface area contributed by atoms with Crippen molar-refractivity contribution in [2.24, 2.45) is 0 Å². The zero-order valence-electron chi connectivity index (χ0n) is 15.2. The van der Waals surface area contributed by atoms with Crippen LogP contribution in [0.4, 0.5) is 0 Å². The average Bonchev–Trinajstić information content (AvgIpc) is 2.67. The van der Waals surface area contributed by atoms with Crippen LogP contribution >= 0.6 is 11.6 Å². The van der Waals surface area contributed by atoms with E-state index in [0.717, 1.165) is 11.3 Å². The minimum absolute atomic E-state index is 0.0367. The van der Waals surface area contributed by atoms with E-state index in [2.05, 4.69) is 0 Å². The number of carbonyl (C=O) groups excluding carboxylic acids is 2. The number of Topliss-reactive ketones (excluding diaryl/α,β-unsaturated/α-hetero) is 1. The predicted octanol–water partition coefficient (Wildman–Crippen LogP) is 4.75. The number of methoxy groups -OCH3 is 1. The largest absolute Gasteiger partial charge is 0.497 e. The van der Waals surface area contributed by atoms with Crippen LogP contribution in [0, 0.1) is 0 Å². The molecule has 0 radical (unpaired) electrons. The molecule has 2 aromatic carbocycles. The maximum atomic E-state index is 12.4. The van der Waals surface area contributed by atoms with Crippen LogP contribution < -0.4 is 4.74 Å². The lowest BCUT2D eigenvalue weighted by Crippen LogP contribution is -2.30. The smallest absolute Gasteiger partial charge is 0.222 e. The van der Waals surface area contributed by atoms with Gasteiger partial charge >= 0.3 is 0 Å². The molecule has 0 spiro atoms. The molecule has 0 aliphatic carbocycles. The Hall–Kier alpha value is -2.33. The Morgan fingerprint density at radius 1 is 1.04 bits per heavy atom. The summed E-state index contributed by atoms with van der Waals surface area (Å²) >= 11 is 6.17. The number of amides is 1. The van der Waals surface area contributed by atoms with Gasteiger partial charge in [0.05, 0.1) is 7.11 Å². The first kappa shape index (κ1) is 20.0. The zero-order chi connectivity index (χ0) is 18.9. The molecular formula is C21H24ClNO3. The van der Waals surface area contributed by atoms with Crippen molar-refractivity contribution in [3.63, 3.8) is 0 Å². The van der Waals surface area contributed by atoms with E-state index in [-0.39, 0.29) is 11.7 Å². The summed E-state index contributed by atoms with van der Waals surface area (Å²) < 4.78 is 5.09. The summed E-state index contributed by atoms with van der Waals surface area (Å²) in [5.74, 6) is 0.791. The number of halogens is 1. The molecule has 0 atom stereocenters. The van der Waals surface area contributed by atoms with Gasteiger partial charge in [-0.05, 0) is 49.2 Å². The van der Waals surface area contributed by atoms with Crippen molar-refractivity contribution in [1.82, 2.24) is 4.90 Å². The Morgan fingerprint density at radius 3 is 2.35 bits per heavy atom. The quantitative estimate of drug-likeness (QED) is 0.596. The van der Waals surface area contributed by atoms with Gasteiger partial charge in [-0.25, -0.2) is 0 Å². The van der Waals surface area contributed by atoms with E-state index in [1.54, 1.807) is 36.3 Å². The Labute approximate surface area is 159 Å². The van der Waals surface area contributed by atoms with E-state index in [1.165, 1.54) is 0 Å². The maximum absolute atomic E-state index is 12.4. The molecular weight excluding hydrogens is 350 g/mol. The number of benzene rings is 2. The molecule has 0 N–H and O–H groups in total. The number of ketones is 1. The second-order valence-electron chi connectivity index (χ2n) is 6.00. The molecule has 0 saturated heterocycles. The van der Waals surface area contributed by atoms with Crippen molar-refractivity contribution in [3.8, 4) is 5.75 Å². The normalized spacial score (nSPS) is 10.4. The molecule has 5 heteroatoms. The van der Waals surface area contributed by atoms with Gasteiger partial charge < -0.3 is 9.64 Å². The molecule has 0 aromatic heterocycles. The highest BCUT2D eigenvalue weighted by Gasteiger charge is 2.14. The fourth-order valence-electron chi connectivity index (χ4n) is 2.69. The van der Waals surface area contributed by atoms with Gasteiger partial charge in [-0.1, -0.05) is 29.8 Å². The highest BCUT2D eigenvalue weighted by Crippen LogP contribution is 2.18. The van der Waals surface area contributed by atoms with Crippen LogP contribution in [0.5, 0.6) is 5.75 Å². The van der Waals surface area contributed by atoms with Crippen molar-refractivity contribution in [1.29, 1.82) is 0 Å². The van der Waals surface area contributed by atoms with Gasteiger partial charge in [0, 0.05) is 36.5 Å². The van der Waals surface area contributed by atoms with E-state index in [4.69, 9.17) is 16.3 Å². The van der Waals surface area contributed by atoms with Crippen LogP contribution in [0.1, 0.15) is 42.1 Å². The van der Waals surface area contributed by atoms with Crippen molar-refractivity contribution in [3.05, 3.63) is 64.7 Å². The summed E-state index contributed by atoms with van der Waals surface area (Å²) in [7, 11) is 1.59. The Balaban J connectivity index is 1.84. The standard InChI is InChI=1S/C21H24ClNO3/c1-3-23(15-17-7-4-5-8-19(17)22)21(25)10-6-9-20(24)16-11-13-18(26-2)14-12-16/h4-5,7-8,11-14H,3,6,9-10,15H2,1-2H3. The molecule has 0 aliphatic rings. The fraction of sp³-hybridized carbons (Fsp3) is 0.333. The van der Waals surface area contributed by atoms with Crippen LogP contribution in [0.2, 0.25) is 5.02 Å². The molecule has 4 nitrogen and oxygen atoms in total. The molecule has 2 aromatic rings. The highest BCUT2D eigenvalue weighted by atomic mass is 35.5. The first-order valence-electron chi connectivity index (χ1n) is 8.73. The number of ether oxygens (including phenoxy) is 1. The van der Waals surface area contributed by atoms with Crippen molar-refractivity contribution in [2.45, 2.75) is 32.7 Å². The van der Waals surface area contributed by atoms with Gasteiger partial charge in [0.15, 0.2) is 5.78 Å². The molecule has 0 heterocycles. The topological polar surface area (TPSA) is 46.6 Å². The Morgan fingerprint density at radius 2 is 1.73 bits per heavy atom. The first-order valence-corrected chi connectivity index (χ1v) is 9.11. The van der Waals surface area contributed by atoms with Crippen LogP contribution in [0.3, 0.4) is 0 Å². The third-order valence-corrected chi connectivity index (χ3v) is 4.63. The Kier molecular flexibility index (Phi) is 7.67. The fourth-order valence-corrected chi connectivity index (χ4v) is 2.88. The van der Waals surface area contributed by atoms with E-state index < -0.39 is 0 Å². The first-order chi connectivity index (χ1) is 12.5. The summed E-state index contributed by atoms with van der Waals surface area (Å²) in [4.78, 5) is 26.4.